The Morgan fingerprint density at radius 3 is 2.40 bits per heavy atom. The van der Waals surface area contributed by atoms with Gasteiger partial charge in [0.15, 0.2) is 0 Å². The van der Waals surface area contributed by atoms with E-state index in [1.54, 1.807) is 6.20 Å². The summed E-state index contributed by atoms with van der Waals surface area (Å²) in [7, 11) is 0. The van der Waals surface area contributed by atoms with E-state index in [1.807, 2.05) is 30.3 Å². The smallest absolute Gasteiger partial charge is 0.323 e. The van der Waals surface area contributed by atoms with Crippen molar-refractivity contribution in [3.8, 4) is 0 Å². The molecule has 1 amide bonds. The Kier molecular flexibility index (Phi) is 9.25. The molecule has 0 fully saturated rings. The van der Waals surface area contributed by atoms with E-state index in [1.165, 1.54) is 21.6 Å². The van der Waals surface area contributed by atoms with Crippen LogP contribution in [0.15, 0.2) is 83.5 Å². The van der Waals surface area contributed by atoms with Gasteiger partial charge in [-0.3, -0.25) is 9.59 Å². The number of carboxylic acids is 1. The van der Waals surface area contributed by atoms with Crippen LogP contribution in [0.3, 0.4) is 0 Å². The normalized spacial score (nSPS) is 13.0. The molecule has 1 aliphatic heterocycles. The van der Waals surface area contributed by atoms with E-state index in [9.17, 15) is 14.7 Å². The molecule has 0 atom stereocenters. The Labute approximate surface area is 261 Å². The molecule has 0 radical (unpaired) electrons. The number of nitrogens with zero attached hydrogens (tertiary/aromatic N) is 4. The standard InChI is InChI=1S/C35H37BrN4O3/c1-35(2,3)28-14-11-24(12-15-28)13-16-31-30(33(43)40(23-32(41)42)21-25-7-6-10-29(36)19-25)20-37-34(38-31)39-18-17-26-8-4-5-9-27(26)22-39/h4-12,14-15,19-20H,13,16-18,21-23H2,1-3H3,(H,41,42). The lowest BCUT2D eigenvalue weighted by molar-refractivity contribution is -0.137. The number of anilines is 1. The molecule has 3 aromatic carbocycles. The number of rotatable bonds is 9. The summed E-state index contributed by atoms with van der Waals surface area (Å²) in [5.41, 5.74) is 6.85. The zero-order valence-electron chi connectivity index (χ0n) is 24.9. The number of aryl methyl sites for hydroxylation is 2. The first kappa shape index (κ1) is 30.4. The molecule has 0 spiro atoms. The average molecular weight is 642 g/mol. The van der Waals surface area contributed by atoms with Crippen molar-refractivity contribution < 1.29 is 14.7 Å². The average Bonchev–Trinajstić information content (AvgIpc) is 2.98. The summed E-state index contributed by atoms with van der Waals surface area (Å²) in [6.45, 7) is 7.79. The highest BCUT2D eigenvalue weighted by Crippen LogP contribution is 2.25. The third kappa shape index (κ3) is 7.68. The first-order valence-corrected chi connectivity index (χ1v) is 15.4. The van der Waals surface area contributed by atoms with Crippen molar-refractivity contribution in [3.05, 3.63) is 123 Å². The van der Waals surface area contributed by atoms with Crippen molar-refractivity contribution in [2.45, 2.75) is 58.5 Å². The highest BCUT2D eigenvalue weighted by Gasteiger charge is 2.25. The minimum atomic E-state index is -1.08. The first-order chi connectivity index (χ1) is 20.6. The third-order valence-corrected chi connectivity index (χ3v) is 8.34. The van der Waals surface area contributed by atoms with Gasteiger partial charge in [-0.15, -0.1) is 0 Å². The predicted octanol–water partition coefficient (Wildman–Crippen LogP) is 6.61. The van der Waals surface area contributed by atoms with Crippen molar-refractivity contribution >= 4 is 33.8 Å². The molecule has 0 bridgehead atoms. The van der Waals surface area contributed by atoms with Crippen LogP contribution in [0.5, 0.6) is 0 Å². The lowest BCUT2D eigenvalue weighted by Gasteiger charge is -2.29. The Morgan fingerprint density at radius 2 is 1.70 bits per heavy atom. The Bertz CT molecular complexity index is 1610. The van der Waals surface area contributed by atoms with Crippen LogP contribution in [0, 0.1) is 0 Å². The van der Waals surface area contributed by atoms with Crippen LogP contribution in [-0.4, -0.2) is 44.9 Å². The molecule has 7 nitrogen and oxygen atoms in total. The van der Waals surface area contributed by atoms with E-state index < -0.39 is 18.4 Å². The number of hydrogen-bond donors (Lipinski definition) is 1. The Morgan fingerprint density at radius 1 is 0.953 bits per heavy atom. The number of benzene rings is 3. The van der Waals surface area contributed by atoms with E-state index in [4.69, 9.17) is 4.98 Å². The molecule has 1 aromatic heterocycles. The van der Waals surface area contributed by atoms with Gasteiger partial charge in [-0.1, -0.05) is 97.4 Å². The lowest BCUT2D eigenvalue weighted by Crippen LogP contribution is -2.36. The number of carbonyl (C=O) groups excluding carboxylic acids is 1. The highest BCUT2D eigenvalue weighted by atomic mass is 79.9. The molecular weight excluding hydrogens is 604 g/mol. The molecule has 0 aliphatic carbocycles. The van der Waals surface area contributed by atoms with E-state index in [2.05, 4.69) is 89.0 Å². The van der Waals surface area contributed by atoms with Gasteiger partial charge in [0.1, 0.15) is 6.54 Å². The van der Waals surface area contributed by atoms with Gasteiger partial charge >= 0.3 is 5.97 Å². The third-order valence-electron chi connectivity index (χ3n) is 7.85. The topological polar surface area (TPSA) is 86.6 Å². The van der Waals surface area contributed by atoms with Crippen molar-refractivity contribution in [2.75, 3.05) is 18.0 Å². The Hall–Kier alpha value is -4.04. The molecule has 1 N–H and O–H groups in total. The van der Waals surface area contributed by atoms with Gasteiger partial charge in [0, 0.05) is 30.3 Å². The van der Waals surface area contributed by atoms with Crippen LogP contribution in [0.2, 0.25) is 0 Å². The van der Waals surface area contributed by atoms with Gasteiger partial charge in [-0.25, -0.2) is 9.97 Å². The maximum atomic E-state index is 14.0. The molecule has 43 heavy (non-hydrogen) atoms. The van der Waals surface area contributed by atoms with Crippen LogP contribution < -0.4 is 4.90 Å². The summed E-state index contributed by atoms with van der Waals surface area (Å²) in [6, 6.07) is 24.5. The molecule has 0 saturated carbocycles. The molecule has 2 heterocycles. The first-order valence-electron chi connectivity index (χ1n) is 14.6. The van der Waals surface area contributed by atoms with Gasteiger partial charge in [0.05, 0.1) is 11.3 Å². The van der Waals surface area contributed by atoms with E-state index in [-0.39, 0.29) is 12.0 Å². The molecule has 1 aliphatic rings. The largest absolute Gasteiger partial charge is 0.480 e. The fourth-order valence-corrected chi connectivity index (χ4v) is 5.86. The van der Waals surface area contributed by atoms with Crippen LogP contribution in [0.1, 0.15) is 64.6 Å². The summed E-state index contributed by atoms with van der Waals surface area (Å²) in [5.74, 6) is -0.884. The zero-order chi connectivity index (χ0) is 30.6. The molecule has 5 rings (SSSR count). The van der Waals surface area contributed by atoms with Crippen molar-refractivity contribution in [1.82, 2.24) is 14.9 Å². The molecule has 8 heteroatoms. The fourth-order valence-electron chi connectivity index (χ4n) is 5.42. The fraction of sp³-hybridized carbons (Fsp3) is 0.314. The van der Waals surface area contributed by atoms with Gasteiger partial charge in [0.25, 0.3) is 5.91 Å². The summed E-state index contributed by atoms with van der Waals surface area (Å²) in [6.07, 6.45) is 3.69. The van der Waals surface area contributed by atoms with Gasteiger partial charge in [0.2, 0.25) is 5.95 Å². The van der Waals surface area contributed by atoms with Crippen molar-refractivity contribution in [2.24, 2.45) is 0 Å². The maximum absolute atomic E-state index is 14.0. The second-order valence-electron chi connectivity index (χ2n) is 12.1. The number of carbonyl (C=O) groups is 2. The summed E-state index contributed by atoms with van der Waals surface area (Å²) in [5, 5.41) is 9.67. The zero-order valence-corrected chi connectivity index (χ0v) is 26.5. The molecular formula is C35H37BrN4O3. The number of halogens is 1. The Balaban J connectivity index is 1.45. The van der Waals surface area contributed by atoms with Crippen molar-refractivity contribution in [1.29, 1.82) is 0 Å². The number of fused-ring (bicyclic) bond motifs is 1. The SMILES string of the molecule is CC(C)(C)c1ccc(CCc2nc(N3CCc4ccccc4C3)ncc2C(=O)N(CC(=O)O)Cc2cccc(Br)c2)cc1. The van der Waals surface area contributed by atoms with E-state index in [0.717, 1.165) is 28.6 Å². The molecule has 0 saturated heterocycles. The number of hydrogen-bond acceptors (Lipinski definition) is 5. The van der Waals surface area contributed by atoms with Crippen LogP contribution >= 0.6 is 15.9 Å². The van der Waals surface area contributed by atoms with Gasteiger partial charge in [-0.2, -0.15) is 0 Å². The number of aromatic nitrogens is 2. The summed E-state index contributed by atoms with van der Waals surface area (Å²) >= 11 is 3.47. The molecule has 222 valence electrons. The quantitative estimate of drug-likeness (QED) is 0.221. The van der Waals surface area contributed by atoms with Crippen LogP contribution in [0.25, 0.3) is 0 Å². The van der Waals surface area contributed by atoms with E-state index >= 15 is 0 Å². The second kappa shape index (κ2) is 13.1. The number of amides is 1. The number of carboxylic acid groups (broad SMARTS) is 1. The molecule has 4 aromatic rings. The monoisotopic (exact) mass is 640 g/mol. The highest BCUT2D eigenvalue weighted by molar-refractivity contribution is 9.10. The molecule has 0 unspecified atom stereocenters. The van der Waals surface area contributed by atoms with Gasteiger partial charge in [-0.05, 0) is 64.6 Å². The number of aliphatic carboxylic acids is 1. The minimum Gasteiger partial charge on any atom is -0.480 e. The summed E-state index contributed by atoms with van der Waals surface area (Å²) in [4.78, 5) is 38.9. The minimum absolute atomic E-state index is 0.0642. The van der Waals surface area contributed by atoms with E-state index in [0.29, 0.717) is 36.6 Å². The predicted molar refractivity (Wildman–Crippen MR) is 172 cm³/mol. The van der Waals surface area contributed by atoms with Crippen LogP contribution in [-0.2, 0) is 42.6 Å². The van der Waals surface area contributed by atoms with Crippen molar-refractivity contribution in [3.63, 3.8) is 0 Å². The maximum Gasteiger partial charge on any atom is 0.323 e. The second-order valence-corrected chi connectivity index (χ2v) is 13.0. The summed E-state index contributed by atoms with van der Waals surface area (Å²) < 4.78 is 0.863. The van der Waals surface area contributed by atoms with Gasteiger partial charge < -0.3 is 14.9 Å². The lowest BCUT2D eigenvalue weighted by atomic mass is 9.86. The van der Waals surface area contributed by atoms with Crippen LogP contribution in [0.4, 0.5) is 5.95 Å².